The molecule has 0 aromatic carbocycles. The lowest BCUT2D eigenvalue weighted by Crippen LogP contribution is -2.38. The molecule has 2 N–H and O–H groups in total. The van der Waals surface area contributed by atoms with E-state index in [-0.39, 0.29) is 6.04 Å². The van der Waals surface area contributed by atoms with Crippen LogP contribution >= 0.6 is 0 Å². The minimum absolute atomic E-state index is 0.261. The molecule has 0 saturated carbocycles. The van der Waals surface area contributed by atoms with Gasteiger partial charge in [0.05, 0.1) is 11.4 Å². The Hall–Kier alpha value is -0.920. The third-order valence-electron chi connectivity index (χ3n) is 3.37. The quantitative estimate of drug-likeness (QED) is 0.831. The molecule has 7 heteroatoms. The molecule has 1 aliphatic heterocycles. The van der Waals surface area contributed by atoms with Gasteiger partial charge >= 0.3 is 0 Å². The Labute approximate surface area is 108 Å². The van der Waals surface area contributed by atoms with Crippen molar-refractivity contribution in [3.05, 3.63) is 11.4 Å². The van der Waals surface area contributed by atoms with Gasteiger partial charge in [0.15, 0.2) is 0 Å². The maximum absolute atomic E-state index is 12.5. The smallest absolute Gasteiger partial charge is 0.246 e. The summed E-state index contributed by atoms with van der Waals surface area (Å²) in [6.07, 6.45) is 2.14. The molecule has 1 aromatic heterocycles. The number of H-pyrrole nitrogens is 1. The highest BCUT2D eigenvalue weighted by atomic mass is 32.2. The first-order chi connectivity index (χ1) is 8.43. The molecule has 1 fully saturated rings. The third-order valence-corrected chi connectivity index (χ3v) is 5.46. The number of aryl methyl sites for hydroxylation is 2. The number of aromatic nitrogens is 2. The van der Waals surface area contributed by atoms with Gasteiger partial charge in [-0.15, -0.1) is 0 Å². The van der Waals surface area contributed by atoms with Crippen LogP contribution in [-0.2, 0) is 10.0 Å². The molecule has 2 rings (SSSR count). The average Bonchev–Trinajstić information content (AvgIpc) is 2.89. The standard InChI is InChI=1S/C11H20N4O2S/c1-8-11(9(2)14-13-8)18(16,17)15(3)7-10-5-4-6-12-10/h10,12H,4-7H2,1-3H3,(H,13,14). The topological polar surface area (TPSA) is 78.1 Å². The van der Waals surface area contributed by atoms with E-state index in [0.29, 0.717) is 22.8 Å². The second-order valence-electron chi connectivity index (χ2n) is 4.84. The molecule has 6 nitrogen and oxygen atoms in total. The van der Waals surface area contributed by atoms with E-state index in [1.54, 1.807) is 20.9 Å². The molecule has 0 radical (unpaired) electrons. The summed E-state index contributed by atoms with van der Waals surface area (Å²) in [5, 5.41) is 9.97. The Morgan fingerprint density at radius 2 is 2.17 bits per heavy atom. The van der Waals surface area contributed by atoms with E-state index in [4.69, 9.17) is 0 Å². The van der Waals surface area contributed by atoms with Crippen molar-refractivity contribution < 1.29 is 8.42 Å². The molecular weight excluding hydrogens is 252 g/mol. The van der Waals surface area contributed by atoms with Gasteiger partial charge in [-0.3, -0.25) is 5.10 Å². The maximum atomic E-state index is 12.5. The van der Waals surface area contributed by atoms with Crippen LogP contribution in [0.15, 0.2) is 4.90 Å². The Morgan fingerprint density at radius 1 is 1.44 bits per heavy atom. The van der Waals surface area contributed by atoms with E-state index in [9.17, 15) is 8.42 Å². The van der Waals surface area contributed by atoms with Crippen LogP contribution in [0.4, 0.5) is 0 Å². The van der Waals surface area contributed by atoms with Crippen molar-refractivity contribution in [2.45, 2.75) is 37.6 Å². The summed E-state index contributed by atoms with van der Waals surface area (Å²) >= 11 is 0. The Balaban J connectivity index is 2.20. The number of hydrogen-bond donors (Lipinski definition) is 2. The van der Waals surface area contributed by atoms with Crippen molar-refractivity contribution in [1.82, 2.24) is 19.8 Å². The minimum atomic E-state index is -3.44. The van der Waals surface area contributed by atoms with E-state index in [1.807, 2.05) is 0 Å². The van der Waals surface area contributed by atoms with Gasteiger partial charge in [-0.25, -0.2) is 8.42 Å². The Bertz CT molecular complexity index is 498. The lowest BCUT2D eigenvalue weighted by Gasteiger charge is -2.21. The predicted octanol–water partition coefficient (Wildman–Crippen LogP) is 0.399. The average molecular weight is 272 g/mol. The van der Waals surface area contributed by atoms with E-state index in [0.717, 1.165) is 19.4 Å². The van der Waals surface area contributed by atoms with E-state index in [1.165, 1.54) is 4.31 Å². The van der Waals surface area contributed by atoms with Gasteiger partial charge in [-0.2, -0.15) is 9.40 Å². The molecule has 18 heavy (non-hydrogen) atoms. The first kappa shape index (κ1) is 13.5. The van der Waals surface area contributed by atoms with Crippen molar-refractivity contribution in [2.24, 2.45) is 0 Å². The molecule has 0 spiro atoms. The number of likely N-dealkylation sites (N-methyl/N-ethyl adjacent to an activating group) is 1. The summed E-state index contributed by atoms with van der Waals surface area (Å²) in [4.78, 5) is 0.308. The van der Waals surface area contributed by atoms with Gasteiger partial charge < -0.3 is 5.32 Å². The second-order valence-corrected chi connectivity index (χ2v) is 6.82. The molecule has 102 valence electrons. The van der Waals surface area contributed by atoms with Gasteiger partial charge in [0.25, 0.3) is 0 Å². The summed E-state index contributed by atoms with van der Waals surface area (Å²) in [7, 11) is -1.82. The van der Waals surface area contributed by atoms with Crippen molar-refractivity contribution in [3.63, 3.8) is 0 Å². The van der Waals surface area contributed by atoms with Crippen LogP contribution in [-0.4, -0.2) is 49.1 Å². The Morgan fingerprint density at radius 3 is 2.67 bits per heavy atom. The molecule has 1 saturated heterocycles. The fourth-order valence-electron chi connectivity index (χ4n) is 2.40. The zero-order valence-corrected chi connectivity index (χ0v) is 11.8. The van der Waals surface area contributed by atoms with E-state index in [2.05, 4.69) is 15.5 Å². The second kappa shape index (κ2) is 4.99. The molecule has 1 aromatic rings. The predicted molar refractivity (Wildman–Crippen MR) is 68.9 cm³/mol. The van der Waals surface area contributed by atoms with Gasteiger partial charge in [0.2, 0.25) is 10.0 Å². The van der Waals surface area contributed by atoms with Crippen LogP contribution in [0.1, 0.15) is 24.2 Å². The first-order valence-electron chi connectivity index (χ1n) is 6.14. The highest BCUT2D eigenvalue weighted by Gasteiger charge is 2.29. The van der Waals surface area contributed by atoms with Crippen LogP contribution < -0.4 is 5.32 Å². The molecule has 0 aliphatic carbocycles. The summed E-state index contributed by atoms with van der Waals surface area (Å²) in [6.45, 7) is 4.92. The number of nitrogens with zero attached hydrogens (tertiary/aromatic N) is 2. The molecule has 0 bridgehead atoms. The lowest BCUT2D eigenvalue weighted by atomic mass is 10.2. The number of hydrogen-bond acceptors (Lipinski definition) is 4. The summed E-state index contributed by atoms with van der Waals surface area (Å²) in [6, 6.07) is 0.261. The van der Waals surface area contributed by atoms with Gasteiger partial charge in [0, 0.05) is 19.6 Å². The van der Waals surface area contributed by atoms with E-state index >= 15 is 0 Å². The minimum Gasteiger partial charge on any atom is -0.313 e. The van der Waals surface area contributed by atoms with Crippen molar-refractivity contribution in [2.75, 3.05) is 20.1 Å². The lowest BCUT2D eigenvalue weighted by molar-refractivity contribution is 0.417. The van der Waals surface area contributed by atoms with Crippen LogP contribution in [0.5, 0.6) is 0 Å². The zero-order chi connectivity index (χ0) is 13.3. The highest BCUT2D eigenvalue weighted by Crippen LogP contribution is 2.21. The fraction of sp³-hybridized carbons (Fsp3) is 0.727. The van der Waals surface area contributed by atoms with Gasteiger partial charge in [0.1, 0.15) is 4.90 Å². The van der Waals surface area contributed by atoms with Crippen molar-refractivity contribution >= 4 is 10.0 Å². The fourth-order valence-corrected chi connectivity index (χ4v) is 3.94. The number of nitrogens with one attached hydrogen (secondary N) is 2. The molecule has 0 amide bonds. The van der Waals surface area contributed by atoms with Crippen LogP contribution in [0.2, 0.25) is 0 Å². The first-order valence-corrected chi connectivity index (χ1v) is 7.58. The maximum Gasteiger partial charge on any atom is 0.246 e. The monoisotopic (exact) mass is 272 g/mol. The van der Waals surface area contributed by atoms with Crippen molar-refractivity contribution in [3.8, 4) is 0 Å². The number of aromatic amines is 1. The molecular formula is C11H20N4O2S. The largest absolute Gasteiger partial charge is 0.313 e. The SMILES string of the molecule is Cc1n[nH]c(C)c1S(=O)(=O)N(C)CC1CCCN1. The van der Waals surface area contributed by atoms with Crippen LogP contribution in [0.3, 0.4) is 0 Å². The molecule has 2 heterocycles. The normalized spacial score (nSPS) is 20.8. The molecule has 1 aliphatic rings. The zero-order valence-electron chi connectivity index (χ0n) is 11.0. The molecule has 1 atom stereocenters. The van der Waals surface area contributed by atoms with Crippen LogP contribution in [0.25, 0.3) is 0 Å². The van der Waals surface area contributed by atoms with E-state index < -0.39 is 10.0 Å². The van der Waals surface area contributed by atoms with Gasteiger partial charge in [-0.05, 0) is 33.2 Å². The van der Waals surface area contributed by atoms with Gasteiger partial charge in [-0.1, -0.05) is 0 Å². The van der Waals surface area contributed by atoms with Crippen molar-refractivity contribution in [1.29, 1.82) is 0 Å². The molecule has 1 unspecified atom stereocenters. The number of sulfonamides is 1. The summed E-state index contributed by atoms with van der Waals surface area (Å²) in [5.74, 6) is 0. The number of rotatable bonds is 4. The Kier molecular flexibility index (Phi) is 3.74. The summed E-state index contributed by atoms with van der Waals surface area (Å²) in [5.41, 5.74) is 1.12. The highest BCUT2D eigenvalue weighted by molar-refractivity contribution is 7.89. The van der Waals surface area contributed by atoms with Crippen LogP contribution in [0, 0.1) is 13.8 Å². The summed E-state index contributed by atoms with van der Waals surface area (Å²) < 4.78 is 26.3. The third kappa shape index (κ3) is 2.43.